The summed E-state index contributed by atoms with van der Waals surface area (Å²) in [6.07, 6.45) is 8.97. The Morgan fingerprint density at radius 2 is 1.90 bits per heavy atom. The van der Waals surface area contributed by atoms with Crippen molar-refractivity contribution in [1.82, 2.24) is 19.2 Å². The van der Waals surface area contributed by atoms with Crippen LogP contribution >= 0.6 is 12.2 Å². The maximum atomic E-state index is 5.89. The van der Waals surface area contributed by atoms with Crippen LogP contribution in [0.2, 0.25) is 0 Å². The van der Waals surface area contributed by atoms with Crippen molar-refractivity contribution in [3.8, 4) is 17.1 Å². The van der Waals surface area contributed by atoms with Crippen LogP contribution in [0, 0.1) is 4.77 Å². The Morgan fingerprint density at radius 1 is 1.14 bits per heavy atom. The fraction of sp³-hybridized carbons (Fsp3) is 0.636. The second kappa shape index (κ2) is 9.41. The van der Waals surface area contributed by atoms with E-state index in [4.69, 9.17) is 26.8 Å². The smallest absolute Gasteiger partial charge is 0.199 e. The van der Waals surface area contributed by atoms with Crippen LogP contribution in [0.4, 0.5) is 0 Å². The predicted octanol–water partition coefficient (Wildman–Crippen LogP) is 4.49. The molecule has 1 saturated carbocycles. The molecule has 1 aliphatic heterocycles. The lowest BCUT2D eigenvalue weighted by Crippen LogP contribution is -2.35. The van der Waals surface area contributed by atoms with Crippen LogP contribution in [0.3, 0.4) is 0 Å². The zero-order valence-corrected chi connectivity index (χ0v) is 18.4. The second-order valence-corrected chi connectivity index (χ2v) is 8.64. The molecule has 29 heavy (non-hydrogen) atoms. The molecule has 2 aromatic rings. The van der Waals surface area contributed by atoms with E-state index in [9.17, 15) is 0 Å². The van der Waals surface area contributed by atoms with Crippen molar-refractivity contribution in [2.45, 2.75) is 70.3 Å². The third-order valence-corrected chi connectivity index (χ3v) is 6.67. The van der Waals surface area contributed by atoms with Crippen molar-refractivity contribution in [1.29, 1.82) is 0 Å². The van der Waals surface area contributed by atoms with E-state index in [0.29, 0.717) is 6.04 Å². The van der Waals surface area contributed by atoms with Crippen molar-refractivity contribution >= 4 is 12.2 Å². The molecule has 1 aromatic carbocycles. The molecule has 2 aliphatic rings. The number of hydrogen-bond acceptors (Lipinski definition) is 5. The van der Waals surface area contributed by atoms with E-state index < -0.39 is 0 Å². The third kappa shape index (κ3) is 4.73. The lowest BCUT2D eigenvalue weighted by molar-refractivity contribution is 0.0964. The van der Waals surface area contributed by atoms with Gasteiger partial charge in [-0.15, -0.1) is 0 Å². The van der Waals surface area contributed by atoms with Crippen LogP contribution in [-0.2, 0) is 18.0 Å². The van der Waals surface area contributed by atoms with Crippen LogP contribution < -0.4 is 4.74 Å². The Balaban J connectivity index is 1.62. The molecule has 1 aliphatic carbocycles. The first kappa shape index (κ1) is 20.6. The molecule has 1 atom stereocenters. The Labute approximate surface area is 178 Å². The summed E-state index contributed by atoms with van der Waals surface area (Å²) >= 11 is 5.87. The van der Waals surface area contributed by atoms with E-state index >= 15 is 0 Å². The van der Waals surface area contributed by atoms with E-state index in [1.54, 1.807) is 7.11 Å². The number of nitrogens with zero attached hydrogens (tertiary/aromatic N) is 4. The van der Waals surface area contributed by atoms with Gasteiger partial charge in [-0.3, -0.25) is 9.47 Å². The number of benzene rings is 1. The number of hydrogen-bond donors (Lipinski definition) is 0. The minimum atomic E-state index is 0.215. The highest BCUT2D eigenvalue weighted by Crippen LogP contribution is 2.25. The van der Waals surface area contributed by atoms with Crippen molar-refractivity contribution in [3.63, 3.8) is 0 Å². The van der Waals surface area contributed by atoms with E-state index in [1.807, 2.05) is 16.8 Å². The van der Waals surface area contributed by atoms with Gasteiger partial charge >= 0.3 is 0 Å². The number of aromatic nitrogens is 3. The monoisotopic (exact) mass is 416 g/mol. The molecule has 2 fully saturated rings. The van der Waals surface area contributed by atoms with Gasteiger partial charge in [-0.2, -0.15) is 5.10 Å². The molecule has 0 spiro atoms. The Hall–Kier alpha value is -1.70. The normalized spacial score (nSPS) is 20.4. The maximum absolute atomic E-state index is 5.89. The van der Waals surface area contributed by atoms with Crippen molar-refractivity contribution in [3.05, 3.63) is 29.0 Å². The summed E-state index contributed by atoms with van der Waals surface area (Å²) in [5.74, 6) is 1.75. The Morgan fingerprint density at radius 3 is 2.55 bits per heavy atom. The molecule has 158 valence electrons. The van der Waals surface area contributed by atoms with Gasteiger partial charge < -0.3 is 9.47 Å². The van der Waals surface area contributed by atoms with E-state index in [0.717, 1.165) is 54.6 Å². The van der Waals surface area contributed by atoms with Gasteiger partial charge in [-0.1, -0.05) is 19.3 Å². The molecule has 0 unspecified atom stereocenters. The lowest BCUT2D eigenvalue weighted by Gasteiger charge is -2.30. The Kier molecular flexibility index (Phi) is 6.67. The summed E-state index contributed by atoms with van der Waals surface area (Å²) in [7, 11) is 3.88. The molecule has 1 saturated heterocycles. The molecular weight excluding hydrogens is 384 g/mol. The van der Waals surface area contributed by atoms with E-state index in [1.165, 1.54) is 32.1 Å². The summed E-state index contributed by atoms with van der Waals surface area (Å²) in [4.78, 5) is 2.41. The molecule has 1 aromatic heterocycles. The SMILES string of the molecule is COc1ccc(-c2nn(CN(C)C3CCCCC3)c(=S)n2C[C@@H]2CCCO2)cc1. The first-order valence-electron chi connectivity index (χ1n) is 10.8. The van der Waals surface area contributed by atoms with Crippen LogP contribution in [0.1, 0.15) is 44.9 Å². The molecular formula is C22H32N4O2S. The standard InChI is InChI=1S/C22H32N4O2S/c1-24(18-7-4-3-5-8-18)16-26-22(29)25(15-20-9-6-14-28-20)21(23-26)17-10-12-19(27-2)13-11-17/h10-13,18,20H,3-9,14-16H2,1-2H3/t20-/m0/s1. The van der Waals surface area contributed by atoms with Crippen LogP contribution in [0.25, 0.3) is 11.4 Å². The minimum Gasteiger partial charge on any atom is -0.497 e. The van der Waals surface area contributed by atoms with Gasteiger partial charge in [-0.05, 0) is 69.2 Å². The average Bonchev–Trinajstić information content (AvgIpc) is 3.38. The fourth-order valence-electron chi connectivity index (χ4n) is 4.49. The lowest BCUT2D eigenvalue weighted by atomic mass is 9.95. The molecule has 0 N–H and O–H groups in total. The maximum Gasteiger partial charge on any atom is 0.199 e. The quantitative estimate of drug-likeness (QED) is 0.622. The minimum absolute atomic E-state index is 0.215. The highest BCUT2D eigenvalue weighted by molar-refractivity contribution is 7.71. The van der Waals surface area contributed by atoms with E-state index in [-0.39, 0.29) is 6.10 Å². The molecule has 0 amide bonds. The molecule has 2 heterocycles. The summed E-state index contributed by atoms with van der Waals surface area (Å²) in [5.41, 5.74) is 1.05. The molecule has 4 rings (SSSR count). The summed E-state index contributed by atoms with van der Waals surface area (Å²) in [5, 5.41) is 4.95. The van der Waals surface area contributed by atoms with Crippen LogP contribution in [0.5, 0.6) is 5.75 Å². The highest BCUT2D eigenvalue weighted by Gasteiger charge is 2.23. The number of ether oxygens (including phenoxy) is 2. The van der Waals surface area contributed by atoms with Gasteiger partial charge in [0.1, 0.15) is 5.75 Å². The molecule has 0 radical (unpaired) electrons. The van der Waals surface area contributed by atoms with Gasteiger partial charge in [0.2, 0.25) is 0 Å². The zero-order chi connectivity index (χ0) is 20.2. The first-order chi connectivity index (χ1) is 14.2. The van der Waals surface area contributed by atoms with Crippen molar-refractivity contribution < 1.29 is 9.47 Å². The van der Waals surface area contributed by atoms with Gasteiger partial charge in [0.15, 0.2) is 10.6 Å². The third-order valence-electron chi connectivity index (χ3n) is 6.24. The average molecular weight is 417 g/mol. The fourth-order valence-corrected chi connectivity index (χ4v) is 4.75. The van der Waals surface area contributed by atoms with Crippen molar-refractivity contribution in [2.75, 3.05) is 20.8 Å². The van der Waals surface area contributed by atoms with Gasteiger partial charge in [0.25, 0.3) is 0 Å². The number of methoxy groups -OCH3 is 1. The largest absolute Gasteiger partial charge is 0.497 e. The summed E-state index contributed by atoms with van der Waals surface area (Å²) in [6, 6.07) is 8.68. The topological polar surface area (TPSA) is 44.5 Å². The van der Waals surface area contributed by atoms with Crippen LogP contribution in [-0.4, -0.2) is 52.2 Å². The first-order valence-corrected chi connectivity index (χ1v) is 11.2. The van der Waals surface area contributed by atoms with Gasteiger partial charge in [-0.25, -0.2) is 4.68 Å². The van der Waals surface area contributed by atoms with Crippen molar-refractivity contribution in [2.24, 2.45) is 0 Å². The van der Waals surface area contributed by atoms with Crippen LogP contribution in [0.15, 0.2) is 24.3 Å². The van der Waals surface area contributed by atoms with Gasteiger partial charge in [0.05, 0.1) is 26.4 Å². The molecule has 0 bridgehead atoms. The Bertz CT molecular complexity index is 849. The molecule has 7 heteroatoms. The van der Waals surface area contributed by atoms with Gasteiger partial charge in [0, 0.05) is 18.2 Å². The zero-order valence-electron chi connectivity index (χ0n) is 17.5. The predicted molar refractivity (Wildman–Crippen MR) is 117 cm³/mol. The van der Waals surface area contributed by atoms with E-state index in [2.05, 4.69) is 28.6 Å². The highest BCUT2D eigenvalue weighted by atomic mass is 32.1. The summed E-state index contributed by atoms with van der Waals surface area (Å²) < 4.78 is 16.1. The molecule has 6 nitrogen and oxygen atoms in total. The summed E-state index contributed by atoms with van der Waals surface area (Å²) in [6.45, 7) is 2.33. The second-order valence-electron chi connectivity index (χ2n) is 8.27. The number of rotatable bonds is 7.